The van der Waals surface area contributed by atoms with Crippen molar-refractivity contribution < 1.29 is 19.4 Å². The van der Waals surface area contributed by atoms with Crippen molar-refractivity contribution in [2.24, 2.45) is 22.7 Å². The summed E-state index contributed by atoms with van der Waals surface area (Å²) in [6.07, 6.45) is 2.78. The molecule has 4 rings (SSSR count). The average Bonchev–Trinajstić information content (AvgIpc) is 3.21. The van der Waals surface area contributed by atoms with Crippen LogP contribution < -0.4 is 0 Å². The lowest BCUT2D eigenvalue weighted by atomic mass is 9.48. The van der Waals surface area contributed by atoms with E-state index in [0.29, 0.717) is 11.1 Å². The summed E-state index contributed by atoms with van der Waals surface area (Å²) in [5.74, 6) is -0.815. The molecule has 1 saturated carbocycles. The van der Waals surface area contributed by atoms with Gasteiger partial charge in [0.15, 0.2) is 11.5 Å². The molecular weight excluding hydrogens is 304 g/mol. The summed E-state index contributed by atoms with van der Waals surface area (Å²) in [7, 11) is 0. The van der Waals surface area contributed by atoms with Crippen molar-refractivity contribution >= 4 is 11.6 Å². The lowest BCUT2D eigenvalue weighted by molar-refractivity contribution is -0.121. The maximum Gasteiger partial charge on any atom is 0.224 e. The molecule has 0 bridgehead atoms. The maximum absolute atomic E-state index is 13.1. The minimum atomic E-state index is -0.391. The predicted octanol–water partition coefficient (Wildman–Crippen LogP) is 3.52. The molecule has 0 amide bonds. The molecule has 0 radical (unpaired) electrons. The normalized spacial score (nSPS) is 40.5. The first-order valence-electron chi connectivity index (χ1n) is 9.04. The molecule has 4 aliphatic rings. The number of fused-ring (bicyclic) bond motifs is 5. The minimum absolute atomic E-state index is 0.0365. The van der Waals surface area contributed by atoms with Gasteiger partial charge in [-0.15, -0.1) is 0 Å². The summed E-state index contributed by atoms with van der Waals surface area (Å²) in [5, 5.41) is 10.5. The third-order valence-corrected chi connectivity index (χ3v) is 6.79. The van der Waals surface area contributed by atoms with Crippen molar-refractivity contribution in [3.05, 3.63) is 22.5 Å². The van der Waals surface area contributed by atoms with Gasteiger partial charge in [-0.1, -0.05) is 41.0 Å². The van der Waals surface area contributed by atoms with Crippen LogP contribution >= 0.6 is 0 Å². The van der Waals surface area contributed by atoms with Crippen LogP contribution in [0.3, 0.4) is 0 Å². The van der Waals surface area contributed by atoms with E-state index >= 15 is 0 Å². The first kappa shape index (κ1) is 16.1. The van der Waals surface area contributed by atoms with E-state index in [4.69, 9.17) is 4.74 Å². The number of carbonyl (C=O) groups excluding carboxylic acids is 2. The Hall–Kier alpha value is -1.42. The number of aliphatic hydroxyl groups excluding tert-OH is 1. The Labute approximate surface area is 143 Å². The Morgan fingerprint density at radius 2 is 1.79 bits per heavy atom. The van der Waals surface area contributed by atoms with E-state index in [2.05, 4.69) is 20.8 Å². The van der Waals surface area contributed by atoms with Crippen LogP contribution in [-0.4, -0.2) is 28.9 Å². The van der Waals surface area contributed by atoms with Gasteiger partial charge in [-0.2, -0.15) is 0 Å². The molecule has 1 saturated heterocycles. The number of ketones is 2. The van der Waals surface area contributed by atoms with Crippen molar-refractivity contribution in [2.45, 2.75) is 66.1 Å². The quantitative estimate of drug-likeness (QED) is 0.590. The van der Waals surface area contributed by atoms with Gasteiger partial charge in [-0.05, 0) is 24.2 Å². The summed E-state index contributed by atoms with van der Waals surface area (Å²) < 4.78 is 5.96. The van der Waals surface area contributed by atoms with Crippen LogP contribution in [0.25, 0.3) is 0 Å². The Morgan fingerprint density at radius 1 is 1.12 bits per heavy atom. The fraction of sp³-hybridized carbons (Fsp3) is 0.700. The number of aliphatic hydroxyl groups is 1. The van der Waals surface area contributed by atoms with Crippen LogP contribution in [-0.2, 0) is 14.3 Å². The summed E-state index contributed by atoms with van der Waals surface area (Å²) in [6, 6.07) is 0. The average molecular weight is 330 g/mol. The summed E-state index contributed by atoms with van der Waals surface area (Å²) in [4.78, 5) is 26.1. The fourth-order valence-electron chi connectivity index (χ4n) is 5.89. The number of ether oxygens (including phenoxy) is 1. The zero-order valence-corrected chi connectivity index (χ0v) is 15.1. The molecule has 0 aromatic rings. The van der Waals surface area contributed by atoms with E-state index in [9.17, 15) is 14.7 Å². The standard InChI is InChI=1S/C20H26O4/c1-9(2)10-13(21)11-12(15(23)14(10)22)20(5)8-6-7-19(3,4)18(20)17-16(11)24-17/h9,16-18,22H,6-8H2,1-5H3/t16-,17?,18?,20?/m0/s1. The van der Waals surface area contributed by atoms with Gasteiger partial charge < -0.3 is 9.84 Å². The third kappa shape index (κ3) is 1.78. The number of hydrogen-bond donors (Lipinski definition) is 1. The van der Waals surface area contributed by atoms with E-state index in [1.165, 1.54) is 0 Å². The smallest absolute Gasteiger partial charge is 0.224 e. The Bertz CT molecular complexity index is 724. The molecule has 3 aliphatic carbocycles. The second-order valence-electron chi connectivity index (χ2n) is 9.12. The van der Waals surface area contributed by atoms with Crippen molar-refractivity contribution in [1.82, 2.24) is 0 Å². The van der Waals surface area contributed by atoms with Gasteiger partial charge in [-0.25, -0.2) is 0 Å². The molecule has 2 fully saturated rings. The molecule has 24 heavy (non-hydrogen) atoms. The lowest BCUT2D eigenvalue weighted by Gasteiger charge is -2.53. The number of Topliss-reactive ketones (excluding diaryl/α,β-unsaturated/α-hetero) is 2. The van der Waals surface area contributed by atoms with Gasteiger partial charge >= 0.3 is 0 Å². The van der Waals surface area contributed by atoms with Crippen molar-refractivity contribution in [3.8, 4) is 0 Å². The molecule has 0 aromatic carbocycles. The van der Waals surface area contributed by atoms with Crippen molar-refractivity contribution in [2.75, 3.05) is 0 Å². The largest absolute Gasteiger partial charge is 0.504 e. The first-order valence-corrected chi connectivity index (χ1v) is 9.04. The van der Waals surface area contributed by atoms with Crippen LogP contribution in [0.15, 0.2) is 22.5 Å². The van der Waals surface area contributed by atoms with Crippen LogP contribution in [0.1, 0.15) is 53.9 Å². The monoisotopic (exact) mass is 330 g/mol. The van der Waals surface area contributed by atoms with Gasteiger partial charge in [-0.3, -0.25) is 9.59 Å². The van der Waals surface area contributed by atoms with Gasteiger partial charge in [0, 0.05) is 28.1 Å². The third-order valence-electron chi connectivity index (χ3n) is 6.79. The van der Waals surface area contributed by atoms with Crippen LogP contribution in [0.4, 0.5) is 0 Å². The molecule has 4 heteroatoms. The zero-order chi connectivity index (χ0) is 17.6. The fourth-order valence-corrected chi connectivity index (χ4v) is 5.89. The minimum Gasteiger partial charge on any atom is -0.504 e. The van der Waals surface area contributed by atoms with Crippen molar-refractivity contribution in [1.29, 1.82) is 0 Å². The van der Waals surface area contributed by atoms with Gasteiger partial charge in [0.1, 0.15) is 6.10 Å². The number of hydrogen-bond acceptors (Lipinski definition) is 4. The highest BCUT2D eigenvalue weighted by molar-refractivity contribution is 6.25. The Balaban J connectivity index is 1.92. The van der Waals surface area contributed by atoms with Crippen LogP contribution in [0, 0.1) is 22.7 Å². The van der Waals surface area contributed by atoms with Gasteiger partial charge in [0.05, 0.1) is 6.10 Å². The van der Waals surface area contributed by atoms with E-state index in [1.807, 2.05) is 13.8 Å². The zero-order valence-electron chi connectivity index (χ0n) is 15.1. The topological polar surface area (TPSA) is 66.9 Å². The molecule has 1 aliphatic heterocycles. The Kier molecular flexibility index (Phi) is 3.08. The number of carbonyl (C=O) groups is 2. The van der Waals surface area contributed by atoms with Crippen LogP contribution in [0.2, 0.25) is 0 Å². The summed E-state index contributed by atoms with van der Waals surface area (Å²) in [5.41, 5.74) is 1.02. The number of epoxide rings is 1. The summed E-state index contributed by atoms with van der Waals surface area (Å²) >= 11 is 0. The molecule has 0 aromatic heterocycles. The van der Waals surface area contributed by atoms with E-state index in [0.717, 1.165) is 19.3 Å². The van der Waals surface area contributed by atoms with Gasteiger partial charge in [0.2, 0.25) is 5.78 Å². The second kappa shape index (κ2) is 4.60. The highest BCUT2D eigenvalue weighted by Crippen LogP contribution is 2.65. The number of allylic oxidation sites excluding steroid dienone is 2. The molecule has 130 valence electrons. The lowest BCUT2D eigenvalue weighted by Crippen LogP contribution is -2.52. The van der Waals surface area contributed by atoms with E-state index < -0.39 is 5.41 Å². The molecule has 4 atom stereocenters. The molecular formula is C20H26O4. The molecule has 1 N–H and O–H groups in total. The Morgan fingerprint density at radius 3 is 2.42 bits per heavy atom. The second-order valence-corrected chi connectivity index (χ2v) is 9.12. The van der Waals surface area contributed by atoms with Gasteiger partial charge in [0.25, 0.3) is 0 Å². The molecule has 4 nitrogen and oxygen atoms in total. The highest BCUT2D eigenvalue weighted by Gasteiger charge is 2.68. The molecule has 1 heterocycles. The first-order chi connectivity index (χ1) is 11.1. The highest BCUT2D eigenvalue weighted by atomic mass is 16.6. The van der Waals surface area contributed by atoms with E-state index in [-0.39, 0.29) is 52.4 Å². The van der Waals surface area contributed by atoms with E-state index in [1.54, 1.807) is 0 Å². The molecule has 0 spiro atoms. The van der Waals surface area contributed by atoms with Crippen LogP contribution in [0.5, 0.6) is 0 Å². The van der Waals surface area contributed by atoms with Crippen molar-refractivity contribution in [3.63, 3.8) is 0 Å². The maximum atomic E-state index is 13.1. The molecule has 3 unspecified atom stereocenters. The SMILES string of the molecule is CC(C)C1=C(O)C(=O)C2=C(C1=O)[C@@H]1OC1C1C(C)(C)CCCC21C. The number of rotatable bonds is 1. The predicted molar refractivity (Wildman–Crippen MR) is 89.4 cm³/mol. The summed E-state index contributed by atoms with van der Waals surface area (Å²) in [6.45, 7) is 10.3.